The van der Waals surface area contributed by atoms with E-state index < -0.39 is 17.4 Å². The van der Waals surface area contributed by atoms with Crippen molar-refractivity contribution in [1.82, 2.24) is 0 Å². The summed E-state index contributed by atoms with van der Waals surface area (Å²) in [6.45, 7) is 7.85. The van der Waals surface area contributed by atoms with Gasteiger partial charge in [-0.05, 0) is 27.7 Å². The fourth-order valence-electron chi connectivity index (χ4n) is 3.14. The summed E-state index contributed by atoms with van der Waals surface area (Å²) in [4.78, 5) is 0. The molecule has 17 heavy (non-hydrogen) atoms. The number of aliphatic hydroxyl groups is 1. The van der Waals surface area contributed by atoms with E-state index in [9.17, 15) is 5.11 Å². The van der Waals surface area contributed by atoms with Crippen molar-refractivity contribution in [2.24, 2.45) is 5.92 Å². The van der Waals surface area contributed by atoms with E-state index in [4.69, 9.17) is 18.9 Å². The molecular weight excluding hydrogens is 224 g/mol. The number of fused-ring (bicyclic) bond motifs is 2. The van der Waals surface area contributed by atoms with Crippen molar-refractivity contribution in [1.29, 1.82) is 0 Å². The molecule has 2 saturated heterocycles. The highest BCUT2D eigenvalue weighted by molar-refractivity contribution is 5.06. The fourth-order valence-corrected chi connectivity index (χ4v) is 3.14. The average molecular weight is 244 g/mol. The van der Waals surface area contributed by atoms with Gasteiger partial charge < -0.3 is 24.1 Å². The maximum absolute atomic E-state index is 10.4. The van der Waals surface area contributed by atoms with Crippen molar-refractivity contribution in [2.45, 2.75) is 63.7 Å². The molecule has 0 spiro atoms. The summed E-state index contributed by atoms with van der Waals surface area (Å²) >= 11 is 0. The first-order valence-electron chi connectivity index (χ1n) is 6.13. The van der Waals surface area contributed by atoms with Gasteiger partial charge in [-0.15, -0.1) is 0 Å². The molecule has 0 aromatic carbocycles. The smallest absolute Gasteiger partial charge is 0.179 e. The van der Waals surface area contributed by atoms with Crippen LogP contribution in [0.5, 0.6) is 0 Å². The average Bonchev–Trinajstić information content (AvgIpc) is 2.41. The molecule has 5 nitrogen and oxygen atoms in total. The van der Waals surface area contributed by atoms with Gasteiger partial charge in [0.25, 0.3) is 0 Å². The van der Waals surface area contributed by atoms with E-state index in [2.05, 4.69) is 0 Å². The Morgan fingerprint density at radius 3 is 2.18 bits per heavy atom. The first-order chi connectivity index (χ1) is 7.71. The van der Waals surface area contributed by atoms with Gasteiger partial charge in [0.2, 0.25) is 0 Å². The van der Waals surface area contributed by atoms with Crippen LogP contribution in [0.1, 0.15) is 34.1 Å². The molecule has 5 heteroatoms. The van der Waals surface area contributed by atoms with Gasteiger partial charge in [-0.2, -0.15) is 0 Å². The van der Waals surface area contributed by atoms with E-state index in [1.165, 1.54) is 0 Å². The molecule has 0 aromatic rings. The third-order valence-corrected chi connectivity index (χ3v) is 3.70. The van der Waals surface area contributed by atoms with Crippen LogP contribution in [0.3, 0.4) is 0 Å². The predicted molar refractivity (Wildman–Crippen MR) is 58.0 cm³/mol. The minimum atomic E-state index is -1.12. The van der Waals surface area contributed by atoms with Gasteiger partial charge in [0.1, 0.15) is 0 Å². The van der Waals surface area contributed by atoms with Crippen LogP contribution < -0.4 is 0 Å². The molecule has 2 bridgehead atoms. The lowest BCUT2D eigenvalue weighted by Gasteiger charge is -2.60. The molecule has 0 amide bonds. The second-order valence-corrected chi connectivity index (χ2v) is 6.10. The second-order valence-electron chi connectivity index (χ2n) is 6.10. The highest BCUT2D eigenvalue weighted by Gasteiger charge is 2.66. The molecular formula is C12H20O5. The van der Waals surface area contributed by atoms with Gasteiger partial charge in [-0.1, -0.05) is 0 Å². The minimum Gasteiger partial charge on any atom is -0.365 e. The first-order valence-corrected chi connectivity index (χ1v) is 6.13. The summed E-state index contributed by atoms with van der Waals surface area (Å²) in [6.07, 6.45) is 0.345. The molecule has 0 aromatic heterocycles. The third kappa shape index (κ3) is 1.81. The minimum absolute atomic E-state index is 0.00810. The highest BCUT2D eigenvalue weighted by Crippen LogP contribution is 2.53. The second kappa shape index (κ2) is 3.22. The topological polar surface area (TPSA) is 57.2 Å². The summed E-state index contributed by atoms with van der Waals surface area (Å²) in [5.41, 5.74) is 0. The van der Waals surface area contributed by atoms with E-state index in [0.717, 1.165) is 0 Å². The Balaban J connectivity index is 1.75. The quantitative estimate of drug-likeness (QED) is 0.745. The first kappa shape index (κ1) is 11.9. The summed E-state index contributed by atoms with van der Waals surface area (Å²) in [7, 11) is 0. The molecule has 3 aliphatic rings. The summed E-state index contributed by atoms with van der Waals surface area (Å²) < 4.78 is 22.7. The molecule has 0 radical (unpaired) electrons. The van der Waals surface area contributed by atoms with Crippen molar-refractivity contribution in [3.8, 4) is 0 Å². The summed E-state index contributed by atoms with van der Waals surface area (Å²) in [6, 6.07) is 0. The standard InChI is InChI=1S/C12H20O5/c1-10(2)14-6-8(16-10)9-7-5-12(9,13)17-11(3,4)15-7/h7-9,13H,5-6H2,1-4H3/t7-,8+,9-,12-/m0/s1. The lowest BCUT2D eigenvalue weighted by Crippen LogP contribution is -2.72. The van der Waals surface area contributed by atoms with Gasteiger partial charge in [-0.3, -0.25) is 0 Å². The van der Waals surface area contributed by atoms with E-state index in [0.29, 0.717) is 13.0 Å². The zero-order valence-electron chi connectivity index (χ0n) is 10.7. The van der Waals surface area contributed by atoms with Gasteiger partial charge in [0, 0.05) is 6.42 Å². The lowest BCUT2D eigenvalue weighted by molar-refractivity contribution is -0.483. The molecule has 2 heterocycles. The molecule has 3 fully saturated rings. The Morgan fingerprint density at radius 2 is 1.65 bits per heavy atom. The van der Waals surface area contributed by atoms with Gasteiger partial charge in [0.15, 0.2) is 17.4 Å². The Kier molecular flexibility index (Phi) is 2.25. The van der Waals surface area contributed by atoms with E-state index in [-0.39, 0.29) is 18.1 Å². The predicted octanol–water partition coefficient (Wildman–Crippen LogP) is 0.998. The van der Waals surface area contributed by atoms with Crippen LogP contribution in [0.4, 0.5) is 0 Å². The molecule has 0 unspecified atom stereocenters. The largest absolute Gasteiger partial charge is 0.365 e. The van der Waals surface area contributed by atoms with Crippen molar-refractivity contribution in [2.75, 3.05) is 6.61 Å². The van der Waals surface area contributed by atoms with Crippen molar-refractivity contribution in [3.05, 3.63) is 0 Å². The van der Waals surface area contributed by atoms with Crippen molar-refractivity contribution in [3.63, 3.8) is 0 Å². The number of hydrogen-bond acceptors (Lipinski definition) is 5. The Hall–Kier alpha value is -0.200. The van der Waals surface area contributed by atoms with Crippen LogP contribution in [0.15, 0.2) is 0 Å². The fraction of sp³-hybridized carbons (Fsp3) is 1.00. The Labute approximate surface area is 101 Å². The van der Waals surface area contributed by atoms with Crippen molar-refractivity contribution >= 4 is 0 Å². The number of ether oxygens (including phenoxy) is 4. The van der Waals surface area contributed by atoms with E-state index >= 15 is 0 Å². The van der Waals surface area contributed by atoms with Crippen LogP contribution >= 0.6 is 0 Å². The van der Waals surface area contributed by atoms with Crippen LogP contribution in [0, 0.1) is 5.92 Å². The summed E-state index contributed by atoms with van der Waals surface area (Å²) in [5.74, 6) is -2.58. The monoisotopic (exact) mass is 244 g/mol. The lowest BCUT2D eigenvalue weighted by atomic mass is 9.70. The molecule has 98 valence electrons. The third-order valence-electron chi connectivity index (χ3n) is 3.70. The van der Waals surface area contributed by atoms with Crippen LogP contribution in [-0.2, 0) is 18.9 Å². The Bertz CT molecular complexity index is 340. The van der Waals surface area contributed by atoms with Gasteiger partial charge >= 0.3 is 0 Å². The molecule has 1 saturated carbocycles. The van der Waals surface area contributed by atoms with E-state index in [1.54, 1.807) is 0 Å². The maximum Gasteiger partial charge on any atom is 0.179 e. The SMILES string of the molecule is CC1(C)OC[C@H]([C@@H]2[C@@H]3C[C@]2(O)OC(C)(C)O3)O1. The van der Waals surface area contributed by atoms with Crippen LogP contribution in [0.25, 0.3) is 0 Å². The molecule has 4 atom stereocenters. The highest BCUT2D eigenvalue weighted by atomic mass is 16.8. The number of rotatable bonds is 1. The van der Waals surface area contributed by atoms with Crippen LogP contribution in [-0.4, -0.2) is 41.3 Å². The van der Waals surface area contributed by atoms with Gasteiger partial charge in [-0.25, -0.2) is 0 Å². The van der Waals surface area contributed by atoms with Crippen molar-refractivity contribution < 1.29 is 24.1 Å². The van der Waals surface area contributed by atoms with Crippen LogP contribution in [0.2, 0.25) is 0 Å². The zero-order chi connectivity index (χ0) is 12.5. The molecule has 3 rings (SSSR count). The summed E-state index contributed by atoms with van der Waals surface area (Å²) in [5, 5.41) is 10.4. The number of hydrogen-bond donors (Lipinski definition) is 1. The van der Waals surface area contributed by atoms with Gasteiger partial charge in [0.05, 0.1) is 24.7 Å². The Morgan fingerprint density at radius 1 is 1.00 bits per heavy atom. The molecule has 2 aliphatic heterocycles. The zero-order valence-corrected chi connectivity index (χ0v) is 10.7. The maximum atomic E-state index is 10.4. The van der Waals surface area contributed by atoms with E-state index in [1.807, 2.05) is 27.7 Å². The molecule has 1 aliphatic carbocycles. The normalized spacial score (nSPS) is 51.0. The molecule has 1 N–H and O–H groups in total.